The number of rotatable bonds is 0. The average molecular weight is 115 g/mol. The molecule has 0 atom stereocenters. The fraction of sp³-hybridized carbons (Fsp3) is 0. The first-order chi connectivity index (χ1) is 3.00. The largest absolute Gasteiger partial charge is 0.408 e. The first-order valence-electron chi connectivity index (χ1n) is 1.59. The minimum atomic E-state index is 0. The summed E-state index contributed by atoms with van der Waals surface area (Å²) in [5.41, 5.74) is 0. The highest BCUT2D eigenvalue weighted by molar-refractivity contribution is 7.36. The molecule has 1 aliphatic heterocycles. The van der Waals surface area contributed by atoms with Crippen LogP contribution in [-0.2, 0) is 4.84 Å². The van der Waals surface area contributed by atoms with E-state index in [1.807, 2.05) is 11.9 Å². The Labute approximate surface area is 43.8 Å². The molecule has 0 saturated carbocycles. The van der Waals surface area contributed by atoms with Gasteiger partial charge in [0.25, 0.3) is 0 Å². The third kappa shape index (κ3) is 2.34. The second-order valence-corrected chi connectivity index (χ2v) is 1.55. The molecule has 3 nitrogen and oxygen atoms in total. The van der Waals surface area contributed by atoms with Crippen molar-refractivity contribution in [3.8, 4) is 0 Å². The zero-order valence-corrected chi connectivity index (χ0v) is 4.43. The molecule has 3 radical (unpaired) electrons. The van der Waals surface area contributed by atoms with Gasteiger partial charge in [-0.25, -0.2) is 0 Å². The molecule has 37 valence electrons. The van der Waals surface area contributed by atoms with E-state index in [9.17, 15) is 0 Å². The van der Waals surface area contributed by atoms with Crippen LogP contribution in [0.2, 0.25) is 0 Å². The van der Waals surface area contributed by atoms with Crippen LogP contribution < -0.4 is 11.4 Å². The van der Waals surface area contributed by atoms with Crippen LogP contribution in [0, 0.1) is 0 Å². The second kappa shape index (κ2) is 3.81. The first-order valence-corrected chi connectivity index (χ1v) is 2.55. The van der Waals surface area contributed by atoms with Gasteiger partial charge in [-0.2, -0.15) is 0 Å². The Kier molecular flexibility index (Phi) is 3.61. The third-order valence-corrected chi connectivity index (χ3v) is 0.945. The van der Waals surface area contributed by atoms with Gasteiger partial charge in [-0.05, 0) is 11.9 Å². The molecule has 1 heterocycles. The van der Waals surface area contributed by atoms with E-state index in [1.54, 1.807) is 6.26 Å². The van der Waals surface area contributed by atoms with Crippen LogP contribution >= 0.6 is 8.35 Å². The van der Waals surface area contributed by atoms with Gasteiger partial charge in [0, 0.05) is 14.5 Å². The predicted molar refractivity (Wildman–Crippen MR) is 28.5 cm³/mol. The van der Waals surface area contributed by atoms with E-state index in [2.05, 4.69) is 10.1 Å². The van der Waals surface area contributed by atoms with Gasteiger partial charge in [-0.15, -0.1) is 5.25 Å². The van der Waals surface area contributed by atoms with Gasteiger partial charge in [0.1, 0.15) is 6.26 Å². The summed E-state index contributed by atoms with van der Waals surface area (Å²) in [5.74, 6) is 1.95. The van der Waals surface area contributed by atoms with Gasteiger partial charge in [0.2, 0.25) is 0 Å². The van der Waals surface area contributed by atoms with Crippen LogP contribution in [0.1, 0.15) is 0 Å². The Morgan fingerprint density at radius 2 is 2.43 bits per heavy atom. The Morgan fingerprint density at radius 3 is 2.57 bits per heavy atom. The molecule has 4 heteroatoms. The Balaban J connectivity index is 0.000000360. The SMILES string of the molecule is C1=CONP=C1.[N]. The standard InChI is InChI=1S/C3H4NOP.N/c1-2-5-4-6-3-1;/h1-4H;. The van der Waals surface area contributed by atoms with Crippen molar-refractivity contribution in [1.82, 2.24) is 11.4 Å². The van der Waals surface area contributed by atoms with Crippen LogP contribution in [0.4, 0.5) is 0 Å². The van der Waals surface area contributed by atoms with Gasteiger partial charge in [0.15, 0.2) is 0 Å². The van der Waals surface area contributed by atoms with Crippen molar-refractivity contribution in [1.29, 1.82) is 0 Å². The van der Waals surface area contributed by atoms with Crippen LogP contribution in [0.25, 0.3) is 0 Å². The lowest BCUT2D eigenvalue weighted by Crippen LogP contribution is -1.96. The molecule has 0 bridgehead atoms. The van der Waals surface area contributed by atoms with Gasteiger partial charge in [-0.3, -0.25) is 0 Å². The Morgan fingerprint density at radius 1 is 1.57 bits per heavy atom. The van der Waals surface area contributed by atoms with Crippen molar-refractivity contribution in [3.05, 3.63) is 12.3 Å². The number of hydrogen-bond acceptors (Lipinski definition) is 2. The smallest absolute Gasteiger partial charge is 0.112 e. The summed E-state index contributed by atoms with van der Waals surface area (Å²) >= 11 is 0. The Hall–Kier alpha value is -0.370. The van der Waals surface area contributed by atoms with E-state index in [-0.39, 0.29) is 6.15 Å². The highest BCUT2D eigenvalue weighted by Gasteiger charge is 1.74. The maximum Gasteiger partial charge on any atom is 0.112 e. The maximum absolute atomic E-state index is 4.60. The van der Waals surface area contributed by atoms with Crippen LogP contribution in [0.5, 0.6) is 0 Å². The van der Waals surface area contributed by atoms with Crippen molar-refractivity contribution in [2.24, 2.45) is 0 Å². The monoisotopic (exact) mass is 115 g/mol. The highest BCUT2D eigenvalue weighted by Crippen LogP contribution is 1.90. The lowest BCUT2D eigenvalue weighted by molar-refractivity contribution is 0.212. The third-order valence-electron chi connectivity index (χ3n) is 0.413. The van der Waals surface area contributed by atoms with Crippen LogP contribution in [0.3, 0.4) is 0 Å². The fourth-order valence-electron chi connectivity index (χ4n) is 0.209. The van der Waals surface area contributed by atoms with E-state index in [0.717, 1.165) is 8.35 Å². The fourth-order valence-corrected chi connectivity index (χ4v) is 0.548. The minimum absolute atomic E-state index is 0. The second-order valence-electron chi connectivity index (χ2n) is 0.816. The van der Waals surface area contributed by atoms with E-state index < -0.39 is 0 Å². The molecule has 0 unspecified atom stereocenters. The van der Waals surface area contributed by atoms with E-state index in [4.69, 9.17) is 0 Å². The van der Waals surface area contributed by atoms with Gasteiger partial charge < -0.3 is 4.84 Å². The molecule has 1 aliphatic rings. The normalized spacial score (nSPS) is 17.1. The molecular formula is C3H4N2OP. The average Bonchev–Trinajstić information content (AvgIpc) is 1.72. The summed E-state index contributed by atoms with van der Waals surface area (Å²) in [6.45, 7) is 0. The van der Waals surface area contributed by atoms with E-state index in [1.165, 1.54) is 0 Å². The summed E-state index contributed by atoms with van der Waals surface area (Å²) in [5, 5.41) is 2.61. The molecule has 1 N–H and O–H groups in total. The van der Waals surface area contributed by atoms with Crippen LogP contribution in [0.15, 0.2) is 12.3 Å². The lowest BCUT2D eigenvalue weighted by atomic mass is 10.7. The van der Waals surface area contributed by atoms with Crippen molar-refractivity contribution in [3.63, 3.8) is 0 Å². The highest BCUT2D eigenvalue weighted by atomic mass is 31.1. The predicted octanol–water partition coefficient (Wildman–Crippen LogP) is 0.218. The molecule has 0 spiro atoms. The van der Waals surface area contributed by atoms with Crippen molar-refractivity contribution in [2.75, 3.05) is 0 Å². The maximum atomic E-state index is 4.60. The molecule has 0 fully saturated rings. The summed E-state index contributed by atoms with van der Waals surface area (Å²) in [6, 6.07) is 0. The summed E-state index contributed by atoms with van der Waals surface area (Å²) in [7, 11) is 1.01. The number of allylic oxidation sites excluding steroid dienone is 1. The van der Waals surface area contributed by atoms with Gasteiger partial charge >= 0.3 is 0 Å². The molecule has 7 heavy (non-hydrogen) atoms. The molecule has 0 amide bonds. The zero-order valence-electron chi connectivity index (χ0n) is 3.53. The van der Waals surface area contributed by atoms with Gasteiger partial charge in [0.05, 0.1) is 0 Å². The topological polar surface area (TPSA) is 51.8 Å². The number of hydrogen-bond donors (Lipinski definition) is 1. The van der Waals surface area contributed by atoms with Crippen LogP contribution in [-0.4, -0.2) is 5.80 Å². The van der Waals surface area contributed by atoms with Gasteiger partial charge in [-0.1, -0.05) is 0 Å². The van der Waals surface area contributed by atoms with E-state index >= 15 is 0 Å². The summed E-state index contributed by atoms with van der Waals surface area (Å²) in [4.78, 5) is 4.60. The number of nitrogens with zero attached hydrogens (tertiary/aromatic N) is 1. The van der Waals surface area contributed by atoms with Crippen molar-refractivity contribution < 1.29 is 4.84 Å². The Bertz CT molecular complexity index is 78.9. The molecule has 1 rings (SSSR count). The van der Waals surface area contributed by atoms with E-state index in [0.29, 0.717) is 0 Å². The molecular weight excluding hydrogens is 111 g/mol. The molecule has 0 saturated heterocycles. The molecule has 0 aromatic rings. The molecule has 0 aromatic heterocycles. The molecule has 0 aliphatic carbocycles. The first kappa shape index (κ1) is 6.63. The van der Waals surface area contributed by atoms with Crippen molar-refractivity contribution >= 4 is 14.2 Å². The quantitative estimate of drug-likeness (QED) is 0.459. The molecule has 0 aromatic carbocycles. The lowest BCUT2D eigenvalue weighted by Gasteiger charge is -1.94. The minimum Gasteiger partial charge on any atom is -0.408 e. The number of nitrogens with one attached hydrogen (secondary N) is 1. The summed E-state index contributed by atoms with van der Waals surface area (Å²) < 4.78 is 0. The zero-order chi connectivity index (χ0) is 4.24. The van der Waals surface area contributed by atoms with Crippen molar-refractivity contribution in [2.45, 2.75) is 0 Å². The summed E-state index contributed by atoms with van der Waals surface area (Å²) in [6.07, 6.45) is 3.44.